The fourth-order valence-electron chi connectivity index (χ4n) is 2.99. The van der Waals surface area contributed by atoms with Crippen molar-refractivity contribution in [3.8, 4) is 5.75 Å². The van der Waals surface area contributed by atoms with E-state index in [1.54, 1.807) is 48.5 Å². The van der Waals surface area contributed by atoms with Crippen LogP contribution in [0.15, 0.2) is 78.9 Å². The van der Waals surface area contributed by atoms with E-state index in [0.717, 1.165) is 16.9 Å². The number of hydrogen-bond acceptors (Lipinski definition) is 4. The number of ether oxygens (including phenoxy) is 1. The highest BCUT2D eigenvalue weighted by Crippen LogP contribution is 2.20. The number of carbonyl (C=O) groups excluding carboxylic acids is 1. The molecular weight excluding hydrogens is 412 g/mol. The zero-order valence-electron chi connectivity index (χ0n) is 17.6. The summed E-state index contributed by atoms with van der Waals surface area (Å²) in [5.41, 5.74) is 3.05. The lowest BCUT2D eigenvalue weighted by Gasteiger charge is -2.22. The van der Waals surface area contributed by atoms with Crippen LogP contribution < -0.4 is 14.4 Å². The Hall–Kier alpha value is -3.32. The Kier molecular flexibility index (Phi) is 7.31. The lowest BCUT2D eigenvalue weighted by Crippen LogP contribution is -2.29. The van der Waals surface area contributed by atoms with Crippen molar-refractivity contribution in [2.24, 2.45) is 0 Å². The number of amides is 1. The molecule has 3 aromatic rings. The van der Waals surface area contributed by atoms with Gasteiger partial charge in [0.1, 0.15) is 12.4 Å². The third-order valence-electron chi connectivity index (χ3n) is 4.66. The van der Waals surface area contributed by atoms with Gasteiger partial charge in [0.25, 0.3) is 5.91 Å². The maximum atomic E-state index is 12.3. The number of benzene rings is 3. The van der Waals surface area contributed by atoms with E-state index in [-0.39, 0.29) is 12.5 Å². The van der Waals surface area contributed by atoms with E-state index < -0.39 is 10.0 Å². The third kappa shape index (κ3) is 6.58. The molecule has 0 unspecified atom stereocenters. The highest BCUT2D eigenvalue weighted by atomic mass is 32.2. The van der Waals surface area contributed by atoms with Crippen LogP contribution in [-0.2, 0) is 16.6 Å². The number of sulfonamides is 1. The van der Waals surface area contributed by atoms with Gasteiger partial charge in [-0.1, -0.05) is 48.0 Å². The van der Waals surface area contributed by atoms with Crippen LogP contribution in [0.2, 0.25) is 0 Å². The van der Waals surface area contributed by atoms with Gasteiger partial charge in [-0.25, -0.2) is 8.42 Å². The molecule has 3 aromatic carbocycles. The number of anilines is 1. The van der Waals surface area contributed by atoms with Gasteiger partial charge in [0, 0.05) is 5.56 Å². The minimum atomic E-state index is -3.44. The second-order valence-corrected chi connectivity index (χ2v) is 9.13. The van der Waals surface area contributed by atoms with E-state index in [4.69, 9.17) is 4.74 Å². The molecular formula is C24H26N2O4S. The zero-order valence-corrected chi connectivity index (χ0v) is 18.4. The van der Waals surface area contributed by atoms with Crippen molar-refractivity contribution in [1.82, 2.24) is 5.32 Å². The molecule has 162 valence electrons. The molecule has 1 N–H and O–H groups in total. The van der Waals surface area contributed by atoms with Crippen molar-refractivity contribution in [2.45, 2.75) is 13.5 Å². The average molecular weight is 439 g/mol. The number of nitrogens with one attached hydrogen (secondary N) is 1. The first-order valence-electron chi connectivity index (χ1n) is 9.92. The van der Waals surface area contributed by atoms with Gasteiger partial charge >= 0.3 is 0 Å². The molecule has 0 radical (unpaired) electrons. The summed E-state index contributed by atoms with van der Waals surface area (Å²) in [5.74, 6) is 0.556. The second-order valence-electron chi connectivity index (χ2n) is 7.22. The van der Waals surface area contributed by atoms with Crippen LogP contribution in [0.25, 0.3) is 0 Å². The third-order valence-corrected chi connectivity index (χ3v) is 5.80. The number of rotatable bonds is 9. The second kappa shape index (κ2) is 10.1. The predicted molar refractivity (Wildman–Crippen MR) is 123 cm³/mol. The summed E-state index contributed by atoms with van der Waals surface area (Å²) in [6.07, 6.45) is 1.18. The van der Waals surface area contributed by atoms with Crippen molar-refractivity contribution in [1.29, 1.82) is 0 Å². The first-order valence-corrected chi connectivity index (χ1v) is 11.8. The summed E-state index contributed by atoms with van der Waals surface area (Å²) < 4.78 is 31.4. The Bertz CT molecular complexity index is 1100. The molecule has 0 aromatic heterocycles. The molecule has 6 nitrogen and oxygen atoms in total. The minimum absolute atomic E-state index is 0.190. The first kappa shape index (κ1) is 22.4. The molecule has 31 heavy (non-hydrogen) atoms. The number of para-hydroxylation sites is 1. The number of carbonyl (C=O) groups is 1. The number of aryl methyl sites for hydroxylation is 1. The quantitative estimate of drug-likeness (QED) is 0.516. The van der Waals surface area contributed by atoms with Crippen LogP contribution in [0.1, 0.15) is 21.5 Å². The molecule has 0 aliphatic heterocycles. The molecule has 0 heterocycles. The van der Waals surface area contributed by atoms with Crippen molar-refractivity contribution < 1.29 is 17.9 Å². The maximum Gasteiger partial charge on any atom is 0.251 e. The maximum absolute atomic E-state index is 12.3. The van der Waals surface area contributed by atoms with Gasteiger partial charge in [0.05, 0.1) is 25.0 Å². The smallest absolute Gasteiger partial charge is 0.251 e. The Morgan fingerprint density at radius 3 is 2.19 bits per heavy atom. The van der Waals surface area contributed by atoms with Crippen LogP contribution >= 0.6 is 0 Å². The summed E-state index contributed by atoms with van der Waals surface area (Å²) in [6.45, 7) is 2.95. The Balaban J connectivity index is 1.55. The van der Waals surface area contributed by atoms with Crippen molar-refractivity contribution in [3.63, 3.8) is 0 Å². The molecule has 3 rings (SSSR count). The van der Waals surface area contributed by atoms with Crippen molar-refractivity contribution in [3.05, 3.63) is 95.6 Å². The van der Waals surface area contributed by atoms with Gasteiger partial charge < -0.3 is 10.1 Å². The van der Waals surface area contributed by atoms with Crippen LogP contribution in [0.5, 0.6) is 5.75 Å². The molecule has 0 spiro atoms. The van der Waals surface area contributed by atoms with Gasteiger partial charge in [-0.3, -0.25) is 9.10 Å². The van der Waals surface area contributed by atoms with Gasteiger partial charge in [0.2, 0.25) is 10.0 Å². The van der Waals surface area contributed by atoms with Gasteiger partial charge in [0.15, 0.2) is 0 Å². The predicted octanol–water partition coefficient (Wildman–Crippen LogP) is 3.77. The van der Waals surface area contributed by atoms with E-state index in [9.17, 15) is 13.2 Å². The number of hydrogen-bond donors (Lipinski definition) is 1. The lowest BCUT2D eigenvalue weighted by atomic mass is 10.1. The summed E-state index contributed by atoms with van der Waals surface area (Å²) in [6, 6.07) is 23.6. The van der Waals surface area contributed by atoms with Gasteiger partial charge in [-0.05, 0) is 48.9 Å². The summed E-state index contributed by atoms with van der Waals surface area (Å²) in [5, 5.41) is 2.82. The number of nitrogens with zero attached hydrogens (tertiary/aromatic N) is 1. The van der Waals surface area contributed by atoms with Crippen LogP contribution in [-0.4, -0.2) is 33.7 Å². The van der Waals surface area contributed by atoms with E-state index in [1.807, 2.05) is 37.3 Å². The SMILES string of the molecule is Cc1ccc(OCCNC(=O)c2ccc(CN(c3ccccc3)S(C)(=O)=O)cc2)cc1. The van der Waals surface area contributed by atoms with Crippen LogP contribution in [0, 0.1) is 6.92 Å². The Morgan fingerprint density at radius 2 is 1.58 bits per heavy atom. The summed E-state index contributed by atoms with van der Waals surface area (Å²) >= 11 is 0. The van der Waals surface area contributed by atoms with E-state index >= 15 is 0 Å². The van der Waals surface area contributed by atoms with Gasteiger partial charge in [-0.2, -0.15) is 0 Å². The highest BCUT2D eigenvalue weighted by Gasteiger charge is 2.17. The highest BCUT2D eigenvalue weighted by molar-refractivity contribution is 7.92. The molecule has 0 aliphatic carbocycles. The molecule has 7 heteroatoms. The molecule has 0 aliphatic rings. The summed E-state index contributed by atoms with van der Waals surface area (Å²) in [4.78, 5) is 12.3. The van der Waals surface area contributed by atoms with Crippen LogP contribution in [0.3, 0.4) is 0 Å². The fraction of sp³-hybridized carbons (Fsp3) is 0.208. The Labute approximate surface area is 183 Å². The lowest BCUT2D eigenvalue weighted by molar-refractivity contribution is 0.0947. The summed E-state index contributed by atoms with van der Waals surface area (Å²) in [7, 11) is -3.44. The van der Waals surface area contributed by atoms with Crippen molar-refractivity contribution >= 4 is 21.6 Å². The topological polar surface area (TPSA) is 75.7 Å². The largest absolute Gasteiger partial charge is 0.492 e. The normalized spacial score (nSPS) is 11.0. The van der Waals surface area contributed by atoms with Crippen molar-refractivity contribution in [2.75, 3.05) is 23.7 Å². The minimum Gasteiger partial charge on any atom is -0.492 e. The standard InChI is InChI=1S/C24H26N2O4S/c1-19-8-14-23(15-9-19)30-17-16-25-24(27)21-12-10-20(11-13-21)18-26(31(2,28)29)22-6-4-3-5-7-22/h3-15H,16-18H2,1-2H3,(H,25,27). The molecule has 1 amide bonds. The van der Waals surface area contributed by atoms with E-state index in [1.165, 1.54) is 10.6 Å². The molecule has 0 bridgehead atoms. The first-order chi connectivity index (χ1) is 14.8. The molecule has 0 saturated carbocycles. The van der Waals surface area contributed by atoms with Gasteiger partial charge in [-0.15, -0.1) is 0 Å². The van der Waals surface area contributed by atoms with E-state index in [0.29, 0.717) is 24.4 Å². The average Bonchev–Trinajstić information content (AvgIpc) is 2.76. The monoisotopic (exact) mass is 438 g/mol. The Morgan fingerprint density at radius 1 is 0.935 bits per heavy atom. The van der Waals surface area contributed by atoms with Crippen LogP contribution in [0.4, 0.5) is 5.69 Å². The molecule has 0 atom stereocenters. The van der Waals surface area contributed by atoms with E-state index in [2.05, 4.69) is 5.32 Å². The fourth-order valence-corrected chi connectivity index (χ4v) is 3.88. The zero-order chi connectivity index (χ0) is 22.3. The molecule has 0 saturated heterocycles. The molecule has 0 fully saturated rings.